The van der Waals surface area contributed by atoms with Gasteiger partial charge < -0.3 is 19.5 Å². The van der Waals surface area contributed by atoms with Crippen LogP contribution in [0.25, 0.3) is 11.0 Å². The second-order valence-corrected chi connectivity index (χ2v) is 4.25. The summed E-state index contributed by atoms with van der Waals surface area (Å²) in [6, 6.07) is 5.41. The van der Waals surface area contributed by atoms with Crippen molar-refractivity contribution in [1.82, 2.24) is 19.5 Å². The Bertz CT molecular complexity index is 706. The molecule has 3 rings (SSSR count). The Labute approximate surface area is 114 Å². The summed E-state index contributed by atoms with van der Waals surface area (Å²) in [5, 5.41) is 9.46. The molecule has 0 amide bonds. The second-order valence-electron chi connectivity index (χ2n) is 4.25. The van der Waals surface area contributed by atoms with E-state index in [1.54, 1.807) is 18.6 Å². The minimum absolute atomic E-state index is 0.136. The molecule has 0 saturated heterocycles. The zero-order valence-electron chi connectivity index (χ0n) is 10.9. The van der Waals surface area contributed by atoms with E-state index in [0.29, 0.717) is 18.1 Å². The number of rotatable bonds is 5. The molecular formula is C13H14N4O3. The number of aliphatic hydroxyl groups is 1. The van der Waals surface area contributed by atoms with Gasteiger partial charge in [0.05, 0.1) is 36.7 Å². The van der Waals surface area contributed by atoms with Crippen molar-refractivity contribution in [3.05, 3.63) is 42.2 Å². The predicted molar refractivity (Wildman–Crippen MR) is 71.0 cm³/mol. The van der Waals surface area contributed by atoms with Gasteiger partial charge in [0.2, 0.25) is 0 Å². The highest BCUT2D eigenvalue weighted by Gasteiger charge is 2.12. The molecule has 3 aromatic rings. The first-order valence-electron chi connectivity index (χ1n) is 6.09. The highest BCUT2D eigenvalue weighted by atomic mass is 17.2. The summed E-state index contributed by atoms with van der Waals surface area (Å²) in [6.07, 6.45) is 3.36. The minimum atomic E-state index is -0.136. The number of nitrogens with zero attached hydrogens (tertiary/aromatic N) is 3. The summed E-state index contributed by atoms with van der Waals surface area (Å²) in [6.45, 7) is 0.409. The third kappa shape index (κ3) is 2.24. The van der Waals surface area contributed by atoms with Crippen molar-refractivity contribution in [2.24, 2.45) is 0 Å². The maximum atomic E-state index is 9.46. The summed E-state index contributed by atoms with van der Waals surface area (Å²) in [5.74, 6) is 1.17. The van der Waals surface area contributed by atoms with Crippen molar-refractivity contribution in [1.29, 1.82) is 0 Å². The van der Waals surface area contributed by atoms with Gasteiger partial charge in [-0.25, -0.2) is 9.97 Å². The maximum absolute atomic E-state index is 9.46. The Balaban J connectivity index is 2.08. The van der Waals surface area contributed by atoms with Crippen molar-refractivity contribution in [3.63, 3.8) is 0 Å². The number of hydrogen-bond acceptors (Lipinski definition) is 5. The number of fused-ring (bicyclic) bond motifs is 1. The van der Waals surface area contributed by atoms with Crippen LogP contribution in [0.15, 0.2) is 30.7 Å². The molecule has 0 aliphatic heterocycles. The standard InChI is InChI=1S/C13H14N4O3/c1-19-20-10-2-3-11-12(4-10)17(13(7-18)16-11)6-9-5-14-8-15-9/h2-5,8,18H,6-7H2,1H3,(H,14,15). The van der Waals surface area contributed by atoms with E-state index >= 15 is 0 Å². The summed E-state index contributed by atoms with van der Waals surface area (Å²) in [4.78, 5) is 21.1. The van der Waals surface area contributed by atoms with Gasteiger partial charge in [0, 0.05) is 12.3 Å². The van der Waals surface area contributed by atoms with E-state index in [9.17, 15) is 5.11 Å². The molecule has 0 radical (unpaired) electrons. The van der Waals surface area contributed by atoms with Crippen molar-refractivity contribution in [2.45, 2.75) is 13.2 Å². The molecule has 0 bridgehead atoms. The number of nitrogens with one attached hydrogen (secondary N) is 1. The van der Waals surface area contributed by atoms with Crippen LogP contribution in [0.2, 0.25) is 0 Å². The fourth-order valence-corrected chi connectivity index (χ4v) is 2.14. The van der Waals surface area contributed by atoms with Crippen LogP contribution in [0.4, 0.5) is 0 Å². The molecule has 2 N–H and O–H groups in total. The lowest BCUT2D eigenvalue weighted by Crippen LogP contribution is -2.05. The molecule has 0 aliphatic carbocycles. The van der Waals surface area contributed by atoms with Crippen LogP contribution >= 0.6 is 0 Å². The van der Waals surface area contributed by atoms with E-state index in [1.165, 1.54) is 7.11 Å². The zero-order chi connectivity index (χ0) is 13.9. The molecule has 2 aromatic heterocycles. The first kappa shape index (κ1) is 12.6. The number of hydrogen-bond donors (Lipinski definition) is 2. The fraction of sp³-hybridized carbons (Fsp3) is 0.231. The van der Waals surface area contributed by atoms with Crippen LogP contribution in [-0.4, -0.2) is 31.7 Å². The van der Waals surface area contributed by atoms with Crippen LogP contribution in [0.1, 0.15) is 11.5 Å². The number of benzene rings is 1. The molecule has 0 aliphatic rings. The van der Waals surface area contributed by atoms with Gasteiger partial charge in [0.25, 0.3) is 0 Å². The predicted octanol–water partition coefficient (Wildman–Crippen LogP) is 1.24. The molecule has 2 heterocycles. The van der Waals surface area contributed by atoms with Crippen molar-refractivity contribution in [2.75, 3.05) is 7.11 Å². The smallest absolute Gasteiger partial charge is 0.167 e. The molecule has 104 valence electrons. The van der Waals surface area contributed by atoms with Crippen LogP contribution in [0.5, 0.6) is 5.75 Å². The number of aliphatic hydroxyl groups excluding tert-OH is 1. The number of imidazole rings is 2. The van der Waals surface area contributed by atoms with Gasteiger partial charge in [-0.05, 0) is 12.1 Å². The first-order chi connectivity index (χ1) is 9.81. The largest absolute Gasteiger partial charge is 0.388 e. The Kier molecular flexibility index (Phi) is 3.36. The van der Waals surface area contributed by atoms with Crippen LogP contribution in [0, 0.1) is 0 Å². The van der Waals surface area contributed by atoms with Gasteiger partial charge >= 0.3 is 0 Å². The van der Waals surface area contributed by atoms with Crippen molar-refractivity contribution < 1.29 is 14.9 Å². The molecule has 0 fully saturated rings. The lowest BCUT2D eigenvalue weighted by molar-refractivity contribution is -0.178. The minimum Gasteiger partial charge on any atom is -0.388 e. The Hall–Kier alpha value is -2.38. The summed E-state index contributed by atoms with van der Waals surface area (Å²) in [5.41, 5.74) is 2.58. The van der Waals surface area contributed by atoms with E-state index < -0.39 is 0 Å². The van der Waals surface area contributed by atoms with Gasteiger partial charge in [-0.1, -0.05) is 0 Å². The number of aromatic amines is 1. The average molecular weight is 274 g/mol. The maximum Gasteiger partial charge on any atom is 0.167 e. The molecule has 0 atom stereocenters. The van der Waals surface area contributed by atoms with Gasteiger partial charge in [-0.15, -0.1) is 0 Å². The highest BCUT2D eigenvalue weighted by molar-refractivity contribution is 5.78. The monoisotopic (exact) mass is 274 g/mol. The Morgan fingerprint density at radius 2 is 2.30 bits per heavy atom. The molecule has 0 spiro atoms. The first-order valence-corrected chi connectivity index (χ1v) is 6.09. The summed E-state index contributed by atoms with van der Waals surface area (Å²) >= 11 is 0. The Morgan fingerprint density at radius 3 is 3.00 bits per heavy atom. The van der Waals surface area contributed by atoms with E-state index in [4.69, 9.17) is 4.89 Å². The number of aromatic nitrogens is 4. The van der Waals surface area contributed by atoms with Crippen molar-refractivity contribution >= 4 is 11.0 Å². The topological polar surface area (TPSA) is 85.2 Å². The van der Waals surface area contributed by atoms with Crippen LogP contribution < -0.4 is 4.89 Å². The average Bonchev–Trinajstić information content (AvgIpc) is 3.08. The SMILES string of the molecule is COOc1ccc2nc(CO)n(Cc3cnc[nH]3)c2c1. The number of H-pyrrole nitrogens is 1. The van der Waals surface area contributed by atoms with Gasteiger partial charge in [0.15, 0.2) is 5.75 Å². The quantitative estimate of drug-likeness (QED) is 0.540. The highest BCUT2D eigenvalue weighted by Crippen LogP contribution is 2.23. The molecule has 7 heteroatoms. The van der Waals surface area contributed by atoms with Crippen LogP contribution in [-0.2, 0) is 18.0 Å². The summed E-state index contributed by atoms with van der Waals surface area (Å²) in [7, 11) is 1.45. The lowest BCUT2D eigenvalue weighted by Gasteiger charge is -2.07. The summed E-state index contributed by atoms with van der Waals surface area (Å²) < 4.78 is 1.91. The molecule has 0 unspecified atom stereocenters. The van der Waals surface area contributed by atoms with Gasteiger partial charge in [-0.3, -0.25) is 0 Å². The molecule has 7 nitrogen and oxygen atoms in total. The van der Waals surface area contributed by atoms with E-state index in [1.807, 2.05) is 16.7 Å². The molecule has 0 saturated carbocycles. The second kappa shape index (κ2) is 5.32. The van der Waals surface area contributed by atoms with Gasteiger partial charge in [0.1, 0.15) is 12.4 Å². The third-order valence-corrected chi connectivity index (χ3v) is 3.00. The van der Waals surface area contributed by atoms with E-state index in [2.05, 4.69) is 19.8 Å². The lowest BCUT2D eigenvalue weighted by atomic mass is 10.3. The van der Waals surface area contributed by atoms with Crippen LogP contribution in [0.3, 0.4) is 0 Å². The fourth-order valence-electron chi connectivity index (χ4n) is 2.14. The van der Waals surface area contributed by atoms with E-state index in [-0.39, 0.29) is 6.61 Å². The molecule has 20 heavy (non-hydrogen) atoms. The van der Waals surface area contributed by atoms with E-state index in [0.717, 1.165) is 16.7 Å². The third-order valence-electron chi connectivity index (χ3n) is 3.00. The zero-order valence-corrected chi connectivity index (χ0v) is 10.9. The molecule has 1 aromatic carbocycles. The van der Waals surface area contributed by atoms with Crippen molar-refractivity contribution in [3.8, 4) is 5.75 Å². The molecular weight excluding hydrogens is 260 g/mol. The normalized spacial score (nSPS) is 11.1. The van der Waals surface area contributed by atoms with Gasteiger partial charge in [-0.2, -0.15) is 4.89 Å². The Morgan fingerprint density at radius 1 is 1.40 bits per heavy atom.